The Balaban J connectivity index is 2.16. The van der Waals surface area contributed by atoms with E-state index in [4.69, 9.17) is 0 Å². The summed E-state index contributed by atoms with van der Waals surface area (Å²) in [5, 5.41) is 11.7. The summed E-state index contributed by atoms with van der Waals surface area (Å²) in [4.78, 5) is 27.3. The maximum atomic E-state index is 12.7. The van der Waals surface area contributed by atoms with Crippen molar-refractivity contribution in [3.05, 3.63) is 30.3 Å². The van der Waals surface area contributed by atoms with Gasteiger partial charge < -0.3 is 5.11 Å². The molecule has 1 aromatic rings. The van der Waals surface area contributed by atoms with Gasteiger partial charge in [-0.05, 0) is 50.9 Å². The van der Waals surface area contributed by atoms with E-state index in [9.17, 15) is 14.7 Å². The number of likely N-dealkylation sites (tertiary alicyclic amines) is 1. The van der Waals surface area contributed by atoms with Crippen LogP contribution in [0.25, 0.3) is 0 Å². The summed E-state index contributed by atoms with van der Waals surface area (Å²) >= 11 is 0. The highest BCUT2D eigenvalue weighted by molar-refractivity contribution is 5.99. The topological polar surface area (TPSA) is 72.9 Å². The Morgan fingerprint density at radius 1 is 1.17 bits per heavy atom. The molecule has 1 heterocycles. The van der Waals surface area contributed by atoms with Gasteiger partial charge in [-0.15, -0.1) is 0 Å². The number of hydrazine groups is 1. The van der Waals surface area contributed by atoms with Gasteiger partial charge in [0.1, 0.15) is 5.60 Å². The van der Waals surface area contributed by atoms with Gasteiger partial charge in [0.25, 0.3) is 11.8 Å². The van der Waals surface area contributed by atoms with E-state index in [0.29, 0.717) is 5.69 Å². The zero-order valence-corrected chi connectivity index (χ0v) is 14.5. The van der Waals surface area contributed by atoms with Gasteiger partial charge in [0.2, 0.25) is 0 Å². The molecule has 0 spiro atoms. The van der Waals surface area contributed by atoms with Crippen LogP contribution >= 0.6 is 0 Å². The van der Waals surface area contributed by atoms with Crippen molar-refractivity contribution in [1.29, 1.82) is 0 Å². The molecule has 1 saturated heterocycles. The van der Waals surface area contributed by atoms with Gasteiger partial charge in [-0.2, -0.15) is 0 Å². The van der Waals surface area contributed by atoms with Gasteiger partial charge in [0.15, 0.2) is 0 Å². The van der Waals surface area contributed by atoms with E-state index in [0.717, 1.165) is 25.9 Å². The van der Waals surface area contributed by atoms with Crippen molar-refractivity contribution in [3.8, 4) is 0 Å². The van der Waals surface area contributed by atoms with Gasteiger partial charge in [0.05, 0.1) is 12.2 Å². The van der Waals surface area contributed by atoms with Crippen molar-refractivity contribution in [2.24, 2.45) is 0 Å². The predicted molar refractivity (Wildman–Crippen MR) is 93.3 cm³/mol. The molecule has 2 rings (SSSR count). The van der Waals surface area contributed by atoms with Crippen LogP contribution in [0.5, 0.6) is 0 Å². The lowest BCUT2D eigenvalue weighted by atomic mass is 9.97. The van der Waals surface area contributed by atoms with Crippen LogP contribution in [-0.4, -0.2) is 47.1 Å². The Hall–Kier alpha value is -1.92. The number of para-hydroxylation sites is 1. The van der Waals surface area contributed by atoms with Crippen LogP contribution in [0.4, 0.5) is 5.69 Å². The number of hydrogen-bond donors (Lipinski definition) is 2. The molecule has 2 amide bonds. The molecule has 0 aromatic heterocycles. The number of rotatable bonds is 6. The van der Waals surface area contributed by atoms with E-state index in [-0.39, 0.29) is 25.3 Å². The zero-order valence-electron chi connectivity index (χ0n) is 14.5. The molecule has 1 fully saturated rings. The number of aliphatic hydroxyl groups is 1. The van der Waals surface area contributed by atoms with Gasteiger partial charge in [-0.25, -0.2) is 5.01 Å². The van der Waals surface area contributed by atoms with E-state index < -0.39 is 11.5 Å². The first-order chi connectivity index (χ1) is 11.5. The summed E-state index contributed by atoms with van der Waals surface area (Å²) < 4.78 is 0. The first kappa shape index (κ1) is 18.4. The quantitative estimate of drug-likeness (QED) is 0.777. The van der Waals surface area contributed by atoms with E-state index in [2.05, 4.69) is 10.3 Å². The molecule has 2 N–H and O–H groups in total. The molecule has 1 aromatic carbocycles. The molecule has 0 saturated carbocycles. The molecule has 1 aliphatic heterocycles. The Morgan fingerprint density at radius 3 is 2.29 bits per heavy atom. The summed E-state index contributed by atoms with van der Waals surface area (Å²) in [7, 11) is 0. The maximum absolute atomic E-state index is 12.7. The Labute approximate surface area is 143 Å². The standard InChI is InChI=1S/C18H27N3O3/c1-3-18(24,4-2)17(23)19-21(15-10-6-5-7-11-15)16(22)14-20-12-8-9-13-20/h5-7,10-11,24H,3-4,8-9,12-14H2,1-2H3,(H,19,23). The van der Waals surface area contributed by atoms with Crippen LogP contribution < -0.4 is 10.4 Å². The number of anilines is 1. The number of amides is 2. The Kier molecular flexibility index (Phi) is 6.34. The van der Waals surface area contributed by atoms with Crippen molar-refractivity contribution in [1.82, 2.24) is 10.3 Å². The van der Waals surface area contributed by atoms with Crippen molar-refractivity contribution in [2.75, 3.05) is 24.6 Å². The van der Waals surface area contributed by atoms with Crippen LogP contribution in [0.3, 0.4) is 0 Å². The van der Waals surface area contributed by atoms with Crippen LogP contribution in [0.1, 0.15) is 39.5 Å². The van der Waals surface area contributed by atoms with E-state index in [1.807, 2.05) is 18.2 Å². The van der Waals surface area contributed by atoms with Crippen LogP contribution in [0, 0.1) is 0 Å². The van der Waals surface area contributed by atoms with E-state index >= 15 is 0 Å². The lowest BCUT2D eigenvalue weighted by Crippen LogP contribution is -2.56. The lowest BCUT2D eigenvalue weighted by molar-refractivity contribution is -0.142. The van der Waals surface area contributed by atoms with Gasteiger partial charge in [-0.1, -0.05) is 32.0 Å². The third kappa shape index (κ3) is 4.33. The van der Waals surface area contributed by atoms with Crippen molar-refractivity contribution >= 4 is 17.5 Å². The smallest absolute Gasteiger partial charge is 0.270 e. The predicted octanol–water partition coefficient (Wildman–Crippen LogP) is 1.70. The number of benzene rings is 1. The van der Waals surface area contributed by atoms with Gasteiger partial charge >= 0.3 is 0 Å². The summed E-state index contributed by atoms with van der Waals surface area (Å²) in [6.07, 6.45) is 2.77. The molecule has 0 aliphatic carbocycles. The molecular weight excluding hydrogens is 306 g/mol. The molecule has 1 aliphatic rings. The number of hydrogen-bond acceptors (Lipinski definition) is 4. The molecule has 24 heavy (non-hydrogen) atoms. The molecule has 0 unspecified atom stereocenters. The van der Waals surface area contributed by atoms with E-state index in [1.54, 1.807) is 26.0 Å². The average Bonchev–Trinajstić information content (AvgIpc) is 3.12. The average molecular weight is 333 g/mol. The largest absolute Gasteiger partial charge is 0.380 e. The van der Waals surface area contributed by atoms with Gasteiger partial charge in [0, 0.05) is 0 Å². The molecule has 0 radical (unpaired) electrons. The maximum Gasteiger partial charge on any atom is 0.270 e. The van der Waals surface area contributed by atoms with Crippen LogP contribution in [0.15, 0.2) is 30.3 Å². The normalized spacial score (nSPS) is 15.3. The van der Waals surface area contributed by atoms with E-state index in [1.165, 1.54) is 5.01 Å². The number of nitrogens with zero attached hydrogens (tertiary/aromatic N) is 2. The third-order valence-electron chi connectivity index (χ3n) is 4.63. The van der Waals surface area contributed by atoms with Crippen molar-refractivity contribution < 1.29 is 14.7 Å². The fourth-order valence-electron chi connectivity index (χ4n) is 2.83. The van der Waals surface area contributed by atoms with Crippen molar-refractivity contribution in [3.63, 3.8) is 0 Å². The second-order valence-electron chi connectivity index (χ2n) is 6.23. The monoisotopic (exact) mass is 333 g/mol. The lowest BCUT2D eigenvalue weighted by Gasteiger charge is -2.30. The second-order valence-corrected chi connectivity index (χ2v) is 6.23. The first-order valence-corrected chi connectivity index (χ1v) is 8.64. The molecule has 0 atom stereocenters. The summed E-state index contributed by atoms with van der Waals surface area (Å²) in [6, 6.07) is 8.99. The minimum absolute atomic E-state index is 0.203. The number of nitrogens with one attached hydrogen (secondary N) is 1. The molecule has 6 heteroatoms. The second kappa shape index (κ2) is 8.26. The highest BCUT2D eigenvalue weighted by Gasteiger charge is 2.34. The molecule has 0 bridgehead atoms. The molecule has 6 nitrogen and oxygen atoms in total. The van der Waals surface area contributed by atoms with Crippen molar-refractivity contribution in [2.45, 2.75) is 45.1 Å². The SMILES string of the molecule is CCC(O)(CC)C(=O)NN(C(=O)CN1CCCC1)c1ccccc1. The first-order valence-electron chi connectivity index (χ1n) is 8.64. The summed E-state index contributed by atoms with van der Waals surface area (Å²) in [5.74, 6) is -0.753. The minimum Gasteiger partial charge on any atom is -0.380 e. The Bertz CT molecular complexity index is 552. The number of carbonyl (C=O) groups is 2. The Morgan fingerprint density at radius 2 is 1.75 bits per heavy atom. The minimum atomic E-state index is -1.47. The number of carbonyl (C=O) groups excluding carboxylic acids is 2. The summed E-state index contributed by atoms with van der Waals surface area (Å²) in [5.41, 5.74) is 1.73. The summed E-state index contributed by atoms with van der Waals surface area (Å²) in [6.45, 7) is 5.56. The zero-order chi connectivity index (χ0) is 17.6. The highest BCUT2D eigenvalue weighted by atomic mass is 16.3. The van der Waals surface area contributed by atoms with Gasteiger partial charge in [-0.3, -0.25) is 19.9 Å². The molecular formula is C18H27N3O3. The van der Waals surface area contributed by atoms with Crippen LogP contribution in [-0.2, 0) is 9.59 Å². The highest BCUT2D eigenvalue weighted by Crippen LogP contribution is 2.18. The molecule has 132 valence electrons. The fourth-order valence-corrected chi connectivity index (χ4v) is 2.83. The van der Waals surface area contributed by atoms with Crippen LogP contribution in [0.2, 0.25) is 0 Å². The third-order valence-corrected chi connectivity index (χ3v) is 4.63. The fraction of sp³-hybridized carbons (Fsp3) is 0.556.